The van der Waals surface area contributed by atoms with E-state index in [0.29, 0.717) is 11.1 Å². The number of rotatable bonds is 5. The second-order valence-corrected chi connectivity index (χ2v) is 4.41. The van der Waals surface area contributed by atoms with Gasteiger partial charge in [-0.25, -0.2) is 9.59 Å². The van der Waals surface area contributed by atoms with Gasteiger partial charge in [-0.05, 0) is 11.1 Å². The summed E-state index contributed by atoms with van der Waals surface area (Å²) in [6, 6.07) is 16.5. The zero-order valence-electron chi connectivity index (χ0n) is 11.1. The lowest BCUT2D eigenvalue weighted by atomic mass is 9.86. The van der Waals surface area contributed by atoms with Gasteiger partial charge in [0.15, 0.2) is 6.61 Å². The maximum Gasteiger partial charge on any atom is 0.348 e. The maximum atomic E-state index is 12.2. The van der Waals surface area contributed by atoms with Crippen molar-refractivity contribution in [2.24, 2.45) is 0 Å². The Bertz CT molecular complexity index is 582. The van der Waals surface area contributed by atoms with Crippen molar-refractivity contribution in [1.29, 1.82) is 0 Å². The van der Waals surface area contributed by atoms with Crippen molar-refractivity contribution >= 4 is 11.9 Å². The summed E-state index contributed by atoms with van der Waals surface area (Å²) in [6.07, 6.45) is 0. The molecule has 0 fully saturated rings. The van der Waals surface area contributed by atoms with E-state index in [1.807, 2.05) is 0 Å². The van der Waals surface area contributed by atoms with Gasteiger partial charge in [0.05, 0.1) is 0 Å². The summed E-state index contributed by atoms with van der Waals surface area (Å²) < 4.78 is 4.69. The molecule has 0 bridgehead atoms. The van der Waals surface area contributed by atoms with Crippen molar-refractivity contribution in [2.75, 3.05) is 6.61 Å². The Morgan fingerprint density at radius 2 is 1.33 bits per heavy atom. The Balaban J connectivity index is 2.45. The van der Waals surface area contributed by atoms with E-state index < -0.39 is 24.1 Å². The Morgan fingerprint density at radius 3 is 1.71 bits per heavy atom. The van der Waals surface area contributed by atoms with Crippen molar-refractivity contribution in [3.05, 3.63) is 71.8 Å². The van der Waals surface area contributed by atoms with Crippen LogP contribution < -0.4 is 0 Å². The molecule has 0 aliphatic rings. The molecule has 2 rings (SSSR count). The molecular weight excluding hydrogens is 272 g/mol. The smallest absolute Gasteiger partial charge is 0.348 e. The quantitative estimate of drug-likeness (QED) is 0.815. The minimum absolute atomic E-state index is 0.312. The number of aliphatic hydroxyl groups is 1. The third kappa shape index (κ3) is 3.09. The number of hydrogen-bond donors (Lipinski definition) is 2. The number of carbonyl (C=O) groups excluding carboxylic acids is 1. The molecule has 0 aliphatic heterocycles. The molecule has 0 aliphatic carbocycles. The van der Waals surface area contributed by atoms with E-state index in [4.69, 9.17) is 5.11 Å². The predicted molar refractivity (Wildman–Crippen MR) is 74.5 cm³/mol. The molecule has 0 atom stereocenters. The van der Waals surface area contributed by atoms with Gasteiger partial charge in [-0.1, -0.05) is 60.7 Å². The summed E-state index contributed by atoms with van der Waals surface area (Å²) >= 11 is 0. The van der Waals surface area contributed by atoms with Gasteiger partial charge in [0.2, 0.25) is 5.60 Å². The molecule has 0 spiro atoms. The van der Waals surface area contributed by atoms with E-state index in [0.717, 1.165) is 0 Å². The van der Waals surface area contributed by atoms with Crippen LogP contribution in [0.5, 0.6) is 0 Å². The number of esters is 1. The fourth-order valence-electron chi connectivity index (χ4n) is 1.99. The highest BCUT2D eigenvalue weighted by Crippen LogP contribution is 2.30. The first-order valence-electron chi connectivity index (χ1n) is 6.27. The molecule has 2 aromatic rings. The van der Waals surface area contributed by atoms with Gasteiger partial charge < -0.3 is 14.9 Å². The van der Waals surface area contributed by atoms with Gasteiger partial charge in [0.1, 0.15) is 0 Å². The average molecular weight is 286 g/mol. The third-order valence-electron chi connectivity index (χ3n) is 3.01. The van der Waals surface area contributed by atoms with Gasteiger partial charge in [-0.15, -0.1) is 0 Å². The van der Waals surface area contributed by atoms with Crippen molar-refractivity contribution in [1.82, 2.24) is 0 Å². The molecule has 0 unspecified atom stereocenters. The Labute approximate surface area is 121 Å². The highest BCUT2D eigenvalue weighted by Gasteiger charge is 2.41. The molecule has 0 radical (unpaired) electrons. The first kappa shape index (κ1) is 14.7. The van der Waals surface area contributed by atoms with Crippen LogP contribution >= 0.6 is 0 Å². The Hall–Kier alpha value is -2.66. The summed E-state index contributed by atoms with van der Waals surface area (Å²) in [5.74, 6) is -2.31. The molecule has 21 heavy (non-hydrogen) atoms. The van der Waals surface area contributed by atoms with Crippen LogP contribution in [-0.4, -0.2) is 28.8 Å². The van der Waals surface area contributed by atoms with Gasteiger partial charge in [-0.3, -0.25) is 0 Å². The standard InChI is InChI=1S/C16H14O5/c17-14(18)11-21-15(19)16(20,12-7-3-1-4-8-12)13-9-5-2-6-10-13/h1-10,20H,11H2,(H,17,18). The fraction of sp³-hybridized carbons (Fsp3) is 0.125. The highest BCUT2D eigenvalue weighted by molar-refractivity contribution is 5.86. The lowest BCUT2D eigenvalue weighted by Gasteiger charge is -2.26. The molecule has 5 heteroatoms. The van der Waals surface area contributed by atoms with Crippen LogP contribution in [0.2, 0.25) is 0 Å². The second-order valence-electron chi connectivity index (χ2n) is 4.41. The minimum Gasteiger partial charge on any atom is -0.479 e. The van der Waals surface area contributed by atoms with E-state index >= 15 is 0 Å². The summed E-state index contributed by atoms with van der Waals surface area (Å²) in [7, 11) is 0. The maximum absolute atomic E-state index is 12.2. The Morgan fingerprint density at radius 1 is 0.905 bits per heavy atom. The minimum atomic E-state index is -2.04. The monoisotopic (exact) mass is 286 g/mol. The van der Waals surface area contributed by atoms with E-state index in [1.165, 1.54) is 0 Å². The predicted octanol–water partition coefficient (Wildman–Crippen LogP) is 1.55. The lowest BCUT2D eigenvalue weighted by Crippen LogP contribution is -2.39. The highest BCUT2D eigenvalue weighted by atomic mass is 16.6. The van der Waals surface area contributed by atoms with Gasteiger partial charge in [0.25, 0.3) is 0 Å². The number of carboxylic acids is 1. The molecule has 0 heterocycles. The summed E-state index contributed by atoms with van der Waals surface area (Å²) in [6.45, 7) is -0.805. The summed E-state index contributed by atoms with van der Waals surface area (Å²) in [5.41, 5.74) is -1.42. The molecular formula is C16H14O5. The molecule has 2 aromatic carbocycles. The van der Waals surface area contributed by atoms with Crippen LogP contribution in [0.4, 0.5) is 0 Å². The van der Waals surface area contributed by atoms with Crippen molar-refractivity contribution in [3.63, 3.8) is 0 Å². The lowest BCUT2D eigenvalue weighted by molar-refractivity contribution is -0.168. The molecule has 108 valence electrons. The van der Waals surface area contributed by atoms with E-state index in [1.54, 1.807) is 60.7 Å². The molecule has 0 saturated heterocycles. The van der Waals surface area contributed by atoms with Crippen molar-refractivity contribution < 1.29 is 24.5 Å². The summed E-state index contributed by atoms with van der Waals surface area (Å²) in [5, 5.41) is 19.5. The van der Waals surface area contributed by atoms with Crippen molar-refractivity contribution in [2.45, 2.75) is 5.60 Å². The van der Waals surface area contributed by atoms with E-state index in [9.17, 15) is 14.7 Å². The number of carboxylic acid groups (broad SMARTS) is 1. The third-order valence-corrected chi connectivity index (χ3v) is 3.01. The van der Waals surface area contributed by atoms with Crippen LogP contribution in [0.15, 0.2) is 60.7 Å². The first-order chi connectivity index (χ1) is 10.0. The molecule has 5 nitrogen and oxygen atoms in total. The zero-order chi connectivity index (χ0) is 15.3. The molecule has 2 N–H and O–H groups in total. The number of carbonyl (C=O) groups is 2. The van der Waals surface area contributed by atoms with Crippen molar-refractivity contribution in [3.8, 4) is 0 Å². The number of hydrogen-bond acceptors (Lipinski definition) is 4. The number of ether oxygens (including phenoxy) is 1. The molecule has 0 aromatic heterocycles. The van der Waals surface area contributed by atoms with Crippen LogP contribution in [0.1, 0.15) is 11.1 Å². The average Bonchev–Trinajstić information content (AvgIpc) is 2.53. The fourth-order valence-corrected chi connectivity index (χ4v) is 1.99. The number of aliphatic carboxylic acids is 1. The normalized spacial score (nSPS) is 10.9. The molecule has 0 amide bonds. The van der Waals surface area contributed by atoms with Gasteiger partial charge >= 0.3 is 11.9 Å². The van der Waals surface area contributed by atoms with Gasteiger partial charge in [-0.2, -0.15) is 0 Å². The Kier molecular flexibility index (Phi) is 4.35. The largest absolute Gasteiger partial charge is 0.479 e. The zero-order valence-corrected chi connectivity index (χ0v) is 11.1. The van der Waals surface area contributed by atoms with E-state index in [2.05, 4.69) is 4.74 Å². The first-order valence-corrected chi connectivity index (χ1v) is 6.27. The van der Waals surface area contributed by atoms with Crippen LogP contribution in [-0.2, 0) is 19.9 Å². The number of benzene rings is 2. The second kappa shape index (κ2) is 6.19. The van der Waals surface area contributed by atoms with Crippen LogP contribution in [0.3, 0.4) is 0 Å². The van der Waals surface area contributed by atoms with Crippen LogP contribution in [0, 0.1) is 0 Å². The molecule has 0 saturated carbocycles. The van der Waals surface area contributed by atoms with Crippen LogP contribution in [0.25, 0.3) is 0 Å². The SMILES string of the molecule is O=C(O)COC(=O)C(O)(c1ccccc1)c1ccccc1. The summed E-state index contributed by atoms with van der Waals surface area (Å²) in [4.78, 5) is 22.8. The topological polar surface area (TPSA) is 83.8 Å². The van der Waals surface area contributed by atoms with E-state index in [-0.39, 0.29) is 0 Å². The van der Waals surface area contributed by atoms with Gasteiger partial charge in [0, 0.05) is 0 Å².